The van der Waals surface area contributed by atoms with Crippen molar-refractivity contribution in [2.24, 2.45) is 0 Å². The van der Waals surface area contributed by atoms with Gasteiger partial charge in [-0.05, 0) is 64.7 Å². The fraction of sp³-hybridized carbons (Fsp3) is 0.667. The van der Waals surface area contributed by atoms with Crippen LogP contribution in [0.2, 0.25) is 5.02 Å². The number of amides is 1. The SMILES string of the molecule is CCCCCOc1c(F)cc(CC[C@](C)(CO)NC(=O)OC(C)(C)C)cc1Cl. The molecule has 160 valence electrons. The molecule has 0 aliphatic rings. The van der Waals surface area contributed by atoms with Crippen LogP contribution in [0.1, 0.15) is 65.9 Å². The minimum Gasteiger partial charge on any atom is -0.489 e. The van der Waals surface area contributed by atoms with E-state index in [4.69, 9.17) is 21.1 Å². The van der Waals surface area contributed by atoms with Crippen molar-refractivity contribution in [3.8, 4) is 5.75 Å². The quantitative estimate of drug-likeness (QED) is 0.510. The number of aliphatic hydroxyl groups excluding tert-OH is 1. The van der Waals surface area contributed by atoms with Gasteiger partial charge in [-0.15, -0.1) is 0 Å². The minimum absolute atomic E-state index is 0.0679. The number of hydrogen-bond donors (Lipinski definition) is 2. The number of aliphatic hydroxyl groups is 1. The van der Waals surface area contributed by atoms with E-state index in [-0.39, 0.29) is 17.4 Å². The van der Waals surface area contributed by atoms with Crippen LogP contribution < -0.4 is 10.1 Å². The predicted octanol–water partition coefficient (Wildman–Crippen LogP) is 5.26. The average Bonchev–Trinajstić information content (AvgIpc) is 2.57. The first-order valence-corrected chi connectivity index (χ1v) is 10.1. The largest absolute Gasteiger partial charge is 0.489 e. The Morgan fingerprint density at radius 2 is 1.93 bits per heavy atom. The van der Waals surface area contributed by atoms with Crippen molar-refractivity contribution in [1.29, 1.82) is 0 Å². The van der Waals surface area contributed by atoms with Gasteiger partial charge in [0.2, 0.25) is 0 Å². The second-order valence-electron chi connectivity index (χ2n) is 8.29. The highest BCUT2D eigenvalue weighted by Gasteiger charge is 2.28. The lowest BCUT2D eigenvalue weighted by atomic mass is 9.94. The van der Waals surface area contributed by atoms with E-state index >= 15 is 0 Å². The van der Waals surface area contributed by atoms with Gasteiger partial charge in [-0.2, -0.15) is 0 Å². The summed E-state index contributed by atoms with van der Waals surface area (Å²) in [6.45, 7) is 9.23. The molecule has 0 bridgehead atoms. The molecule has 0 saturated heterocycles. The number of carbonyl (C=O) groups is 1. The normalized spacial score (nSPS) is 13.7. The summed E-state index contributed by atoms with van der Waals surface area (Å²) in [7, 11) is 0. The molecule has 7 heteroatoms. The molecule has 0 heterocycles. The van der Waals surface area contributed by atoms with Crippen molar-refractivity contribution < 1.29 is 23.8 Å². The lowest BCUT2D eigenvalue weighted by molar-refractivity contribution is 0.0407. The van der Waals surface area contributed by atoms with Gasteiger partial charge in [0.1, 0.15) is 5.60 Å². The van der Waals surface area contributed by atoms with Crippen LogP contribution in [0.3, 0.4) is 0 Å². The van der Waals surface area contributed by atoms with Crippen molar-refractivity contribution in [1.82, 2.24) is 5.32 Å². The van der Waals surface area contributed by atoms with Crippen molar-refractivity contribution in [3.05, 3.63) is 28.5 Å². The first-order valence-electron chi connectivity index (χ1n) is 9.72. The van der Waals surface area contributed by atoms with Gasteiger partial charge in [0.25, 0.3) is 0 Å². The third-order valence-electron chi connectivity index (χ3n) is 4.17. The molecule has 28 heavy (non-hydrogen) atoms. The Labute approximate surface area is 172 Å². The molecule has 1 aromatic carbocycles. The summed E-state index contributed by atoms with van der Waals surface area (Å²) >= 11 is 6.18. The number of benzene rings is 1. The van der Waals surface area contributed by atoms with Crippen molar-refractivity contribution >= 4 is 17.7 Å². The summed E-state index contributed by atoms with van der Waals surface area (Å²) < 4.78 is 25.1. The maximum Gasteiger partial charge on any atom is 0.408 e. The zero-order chi connectivity index (χ0) is 21.4. The lowest BCUT2D eigenvalue weighted by Gasteiger charge is -2.30. The van der Waals surface area contributed by atoms with Crippen LogP contribution in [-0.4, -0.2) is 35.6 Å². The molecule has 1 rings (SSSR count). The highest BCUT2D eigenvalue weighted by atomic mass is 35.5. The van der Waals surface area contributed by atoms with Gasteiger partial charge in [-0.3, -0.25) is 0 Å². The number of nitrogens with one attached hydrogen (secondary N) is 1. The second-order valence-corrected chi connectivity index (χ2v) is 8.70. The predicted molar refractivity (Wildman–Crippen MR) is 110 cm³/mol. The summed E-state index contributed by atoms with van der Waals surface area (Å²) in [6.07, 6.45) is 3.11. The van der Waals surface area contributed by atoms with Crippen LogP contribution in [0.4, 0.5) is 9.18 Å². The molecule has 0 fully saturated rings. The van der Waals surface area contributed by atoms with E-state index in [2.05, 4.69) is 12.2 Å². The smallest absolute Gasteiger partial charge is 0.408 e. The maximum atomic E-state index is 14.4. The standard InChI is InChI=1S/C21H33ClFNO4/c1-6-7-8-11-27-18-16(22)12-15(13-17(18)23)9-10-21(5,14-25)24-19(26)28-20(2,3)4/h12-13,25H,6-11,14H2,1-5H3,(H,24,26)/t21-/m1/s1. The second kappa shape index (κ2) is 10.9. The van der Waals surface area contributed by atoms with Crippen LogP contribution in [0, 0.1) is 5.82 Å². The van der Waals surface area contributed by atoms with Gasteiger partial charge >= 0.3 is 6.09 Å². The van der Waals surface area contributed by atoms with E-state index in [1.807, 2.05) is 0 Å². The number of carbonyl (C=O) groups excluding carboxylic acids is 1. The Kier molecular flexibility index (Phi) is 9.51. The minimum atomic E-state index is -0.902. The lowest BCUT2D eigenvalue weighted by Crippen LogP contribution is -2.50. The third-order valence-corrected chi connectivity index (χ3v) is 4.45. The summed E-state index contributed by atoms with van der Waals surface area (Å²) in [6, 6.07) is 3.04. The Bertz CT molecular complexity index is 625. The van der Waals surface area contributed by atoms with E-state index in [1.165, 1.54) is 6.07 Å². The summed E-state index contributed by atoms with van der Waals surface area (Å²) in [5.74, 6) is -0.442. The number of halogens is 2. The van der Waals surface area contributed by atoms with E-state index in [1.54, 1.807) is 33.8 Å². The first-order chi connectivity index (χ1) is 13.0. The molecular formula is C21H33ClFNO4. The Morgan fingerprint density at radius 1 is 1.25 bits per heavy atom. The molecule has 0 saturated carbocycles. The molecule has 2 N–H and O–H groups in total. The van der Waals surface area contributed by atoms with Gasteiger partial charge in [0.05, 0.1) is 23.8 Å². The monoisotopic (exact) mass is 417 g/mol. The molecule has 0 aromatic heterocycles. The highest BCUT2D eigenvalue weighted by molar-refractivity contribution is 6.32. The molecule has 1 amide bonds. The van der Waals surface area contributed by atoms with E-state index in [9.17, 15) is 14.3 Å². The summed E-state index contributed by atoms with van der Waals surface area (Å²) in [5.41, 5.74) is -0.876. The summed E-state index contributed by atoms with van der Waals surface area (Å²) in [4.78, 5) is 12.0. The van der Waals surface area contributed by atoms with Crippen molar-refractivity contribution in [2.45, 2.75) is 77.9 Å². The number of rotatable bonds is 10. The van der Waals surface area contributed by atoms with Crippen LogP contribution in [0.25, 0.3) is 0 Å². The van der Waals surface area contributed by atoms with Crippen LogP contribution in [0.5, 0.6) is 5.75 Å². The molecule has 0 radical (unpaired) electrons. The zero-order valence-electron chi connectivity index (χ0n) is 17.5. The van der Waals surface area contributed by atoms with Crippen LogP contribution in [0.15, 0.2) is 12.1 Å². The molecule has 0 spiro atoms. The van der Waals surface area contributed by atoms with Crippen LogP contribution in [-0.2, 0) is 11.2 Å². The number of unbranched alkanes of at least 4 members (excludes halogenated alkanes) is 2. The van der Waals surface area contributed by atoms with E-state index < -0.39 is 23.1 Å². The molecular weight excluding hydrogens is 385 g/mol. The fourth-order valence-electron chi connectivity index (χ4n) is 2.57. The maximum absolute atomic E-state index is 14.4. The van der Waals surface area contributed by atoms with Gasteiger partial charge in [-0.1, -0.05) is 31.4 Å². The first kappa shape index (κ1) is 24.5. The van der Waals surface area contributed by atoms with Crippen molar-refractivity contribution in [3.63, 3.8) is 0 Å². The fourth-order valence-corrected chi connectivity index (χ4v) is 2.86. The Morgan fingerprint density at radius 3 is 2.46 bits per heavy atom. The Balaban J connectivity index is 2.72. The number of aryl methyl sites for hydroxylation is 1. The van der Waals surface area contributed by atoms with Gasteiger partial charge in [-0.25, -0.2) is 9.18 Å². The molecule has 0 aliphatic heterocycles. The molecule has 0 unspecified atom stereocenters. The zero-order valence-corrected chi connectivity index (χ0v) is 18.3. The average molecular weight is 418 g/mol. The van der Waals surface area contributed by atoms with Crippen LogP contribution >= 0.6 is 11.6 Å². The Hall–Kier alpha value is -1.53. The highest BCUT2D eigenvalue weighted by Crippen LogP contribution is 2.30. The van der Waals surface area contributed by atoms with Crippen molar-refractivity contribution in [2.75, 3.05) is 13.2 Å². The molecule has 1 aromatic rings. The van der Waals surface area contributed by atoms with Gasteiger partial charge < -0.3 is 19.9 Å². The van der Waals surface area contributed by atoms with Gasteiger partial charge in [0.15, 0.2) is 11.6 Å². The van der Waals surface area contributed by atoms with E-state index in [0.717, 1.165) is 19.3 Å². The summed E-state index contributed by atoms with van der Waals surface area (Å²) in [5, 5.41) is 12.6. The number of alkyl carbamates (subject to hydrolysis) is 1. The molecule has 0 aliphatic carbocycles. The van der Waals surface area contributed by atoms with Gasteiger partial charge in [0, 0.05) is 0 Å². The van der Waals surface area contributed by atoms with E-state index in [0.29, 0.717) is 25.0 Å². The number of ether oxygens (including phenoxy) is 2. The molecule has 1 atom stereocenters. The topological polar surface area (TPSA) is 67.8 Å². The third kappa shape index (κ3) is 8.65. The number of hydrogen-bond acceptors (Lipinski definition) is 4. The molecule has 5 nitrogen and oxygen atoms in total.